The molecule has 1 unspecified atom stereocenters. The zero-order valence-electron chi connectivity index (χ0n) is 20.7. The number of rotatable bonds is 7. The van der Waals surface area contributed by atoms with Gasteiger partial charge < -0.3 is 20.0 Å². The number of aromatic nitrogens is 1. The average molecular weight is 521 g/mol. The number of amides is 2. The third-order valence-corrected chi connectivity index (χ3v) is 6.45. The number of carbonyl (C=O) groups is 3. The zero-order valence-corrected chi connectivity index (χ0v) is 22.7. The molecule has 1 N–H and O–H groups in total. The van der Waals surface area contributed by atoms with Crippen LogP contribution in [0.3, 0.4) is 0 Å². The zero-order chi connectivity index (χ0) is 26.2. The van der Waals surface area contributed by atoms with Gasteiger partial charge in [-0.05, 0) is 66.8 Å². The third-order valence-electron chi connectivity index (χ3n) is 6.45. The molecule has 2 amide bonds. The van der Waals surface area contributed by atoms with Crippen molar-refractivity contribution in [2.75, 3.05) is 12.0 Å². The number of hydrogen-bond donors (Lipinski definition) is 1. The predicted molar refractivity (Wildman–Crippen MR) is 132 cm³/mol. The van der Waals surface area contributed by atoms with E-state index in [9.17, 15) is 23.9 Å². The van der Waals surface area contributed by atoms with Gasteiger partial charge in [-0.15, -0.1) is 0 Å². The number of carboxylic acid groups (broad SMARTS) is 1. The van der Waals surface area contributed by atoms with Crippen molar-refractivity contribution in [1.29, 1.82) is 0 Å². The first kappa shape index (κ1) is 27.3. The maximum Gasteiger partial charge on any atom is 1.00 e. The molecule has 10 heteroatoms. The van der Waals surface area contributed by atoms with Crippen LogP contribution in [0.4, 0.5) is 15.8 Å². The van der Waals surface area contributed by atoms with Crippen molar-refractivity contribution >= 4 is 39.9 Å². The Morgan fingerprint density at radius 2 is 1.76 bits per heavy atom. The molecule has 3 aromatic carbocycles. The first-order valence-electron chi connectivity index (χ1n) is 11.5. The number of ether oxygens (including phenoxy) is 1. The molecule has 38 heavy (non-hydrogen) atoms. The number of nitrogens with zero attached hydrogens (tertiary/aromatic N) is 2. The molecular weight excluding hydrogens is 500 g/mol. The number of carbonyl (C=O) groups excluding carboxylic acids is 3. The minimum absolute atomic E-state index is 0. The predicted octanol–water partition coefficient (Wildman–Crippen LogP) is 0.220. The number of hydrogen-bond acceptors (Lipinski definition) is 6. The van der Waals surface area contributed by atoms with Gasteiger partial charge in [-0.3, -0.25) is 19.5 Å². The summed E-state index contributed by atoms with van der Waals surface area (Å²) in [5.74, 6) is -2.72. The molecule has 4 aromatic rings. The Morgan fingerprint density at radius 3 is 2.45 bits per heavy atom. The topological polar surface area (TPSA) is 112 Å². The number of aliphatic carboxylic acids is 1. The Kier molecular flexibility index (Phi) is 7.82. The summed E-state index contributed by atoms with van der Waals surface area (Å²) in [6, 6.07) is 19.1. The van der Waals surface area contributed by atoms with Crippen LogP contribution in [-0.4, -0.2) is 29.9 Å². The molecule has 0 spiro atoms. The maximum atomic E-state index is 14.1. The molecule has 0 fully saturated rings. The van der Waals surface area contributed by atoms with E-state index in [2.05, 4.69) is 10.3 Å². The van der Waals surface area contributed by atoms with Crippen molar-refractivity contribution in [3.05, 3.63) is 96.1 Å². The van der Waals surface area contributed by atoms with Gasteiger partial charge in [0.05, 0.1) is 12.8 Å². The summed E-state index contributed by atoms with van der Waals surface area (Å²) < 4.78 is 19.0. The molecule has 1 atom stereocenters. The SMILES string of the molecule is COc1ccc2c(c1)C(CCC(=O)[O-])(NC(=O)c1cc3ccccc3cn1)C(=O)N2c1ccc(F)cc1.[Na+]. The molecule has 0 aliphatic carbocycles. The van der Waals surface area contributed by atoms with Crippen LogP contribution in [0.1, 0.15) is 28.9 Å². The molecule has 5 rings (SSSR count). The molecular formula is C28H21FN3NaO5. The van der Waals surface area contributed by atoms with Crippen molar-refractivity contribution in [1.82, 2.24) is 10.3 Å². The monoisotopic (exact) mass is 521 g/mol. The molecule has 1 aromatic heterocycles. The summed E-state index contributed by atoms with van der Waals surface area (Å²) in [6.45, 7) is 0. The quantitative estimate of drug-likeness (QED) is 0.349. The number of anilines is 2. The van der Waals surface area contributed by atoms with Crippen molar-refractivity contribution in [2.24, 2.45) is 0 Å². The Labute approximate surface area is 239 Å². The van der Waals surface area contributed by atoms with Crippen LogP contribution in [0.2, 0.25) is 0 Å². The van der Waals surface area contributed by atoms with E-state index in [4.69, 9.17) is 4.74 Å². The van der Waals surface area contributed by atoms with Crippen LogP contribution in [0.25, 0.3) is 10.8 Å². The molecule has 8 nitrogen and oxygen atoms in total. The molecule has 1 aliphatic rings. The number of halogens is 1. The molecule has 2 heterocycles. The summed E-state index contributed by atoms with van der Waals surface area (Å²) in [5, 5.41) is 15.9. The van der Waals surface area contributed by atoms with E-state index in [0.29, 0.717) is 22.7 Å². The van der Waals surface area contributed by atoms with Crippen LogP contribution in [0, 0.1) is 5.82 Å². The molecule has 0 saturated heterocycles. The van der Waals surface area contributed by atoms with Crippen LogP contribution in [-0.2, 0) is 15.1 Å². The Hall–Kier alpha value is -3.79. The van der Waals surface area contributed by atoms with Gasteiger partial charge in [0.15, 0.2) is 0 Å². The van der Waals surface area contributed by atoms with Crippen LogP contribution in [0.15, 0.2) is 79.0 Å². The third kappa shape index (κ3) is 4.88. The second-order valence-corrected chi connectivity index (χ2v) is 8.65. The molecule has 0 saturated carbocycles. The maximum absolute atomic E-state index is 14.1. The fourth-order valence-corrected chi connectivity index (χ4v) is 4.62. The molecule has 1 aliphatic heterocycles. The van der Waals surface area contributed by atoms with E-state index < -0.39 is 35.6 Å². The minimum atomic E-state index is -1.78. The van der Waals surface area contributed by atoms with E-state index in [-0.39, 0.29) is 41.7 Å². The van der Waals surface area contributed by atoms with Gasteiger partial charge >= 0.3 is 29.6 Å². The van der Waals surface area contributed by atoms with Gasteiger partial charge in [-0.2, -0.15) is 0 Å². The van der Waals surface area contributed by atoms with Crippen molar-refractivity contribution in [2.45, 2.75) is 18.4 Å². The van der Waals surface area contributed by atoms with E-state index in [1.165, 1.54) is 36.3 Å². The van der Waals surface area contributed by atoms with Crippen LogP contribution < -0.4 is 49.6 Å². The normalized spacial score (nSPS) is 16.1. The Bertz CT molecular complexity index is 1550. The van der Waals surface area contributed by atoms with Gasteiger partial charge in [0.1, 0.15) is 22.8 Å². The summed E-state index contributed by atoms with van der Waals surface area (Å²) in [6.07, 6.45) is 0.757. The minimum Gasteiger partial charge on any atom is -0.550 e. The van der Waals surface area contributed by atoms with Crippen LogP contribution >= 0.6 is 0 Å². The van der Waals surface area contributed by atoms with Crippen molar-refractivity contribution in [3.63, 3.8) is 0 Å². The number of pyridine rings is 1. The van der Waals surface area contributed by atoms with Gasteiger partial charge in [-0.25, -0.2) is 4.39 Å². The molecule has 0 radical (unpaired) electrons. The second kappa shape index (κ2) is 10.9. The van der Waals surface area contributed by atoms with Gasteiger partial charge in [0.2, 0.25) is 0 Å². The first-order valence-corrected chi connectivity index (χ1v) is 11.5. The fourth-order valence-electron chi connectivity index (χ4n) is 4.62. The van der Waals surface area contributed by atoms with Gasteiger partial charge in [0.25, 0.3) is 11.8 Å². The number of methoxy groups -OCH3 is 1. The largest absolute Gasteiger partial charge is 1.00 e. The molecule has 186 valence electrons. The summed E-state index contributed by atoms with van der Waals surface area (Å²) in [5.41, 5.74) is -0.614. The number of nitrogens with one attached hydrogen (secondary N) is 1. The average Bonchev–Trinajstić information content (AvgIpc) is 3.14. The van der Waals surface area contributed by atoms with Crippen molar-refractivity contribution in [3.8, 4) is 5.75 Å². The van der Waals surface area contributed by atoms with Gasteiger partial charge in [-0.1, -0.05) is 24.3 Å². The molecule has 0 bridgehead atoms. The number of benzene rings is 3. The first-order chi connectivity index (χ1) is 17.8. The summed E-state index contributed by atoms with van der Waals surface area (Å²) in [4.78, 5) is 44.7. The fraction of sp³-hybridized carbons (Fsp3) is 0.143. The smallest absolute Gasteiger partial charge is 0.550 e. The Morgan fingerprint density at radius 1 is 1.05 bits per heavy atom. The number of fused-ring (bicyclic) bond motifs is 2. The van der Waals surface area contributed by atoms with E-state index in [0.717, 1.165) is 10.8 Å². The number of carboxylic acids is 1. The van der Waals surface area contributed by atoms with E-state index in [1.807, 2.05) is 24.3 Å². The Balaban J connectivity index is 0.00000336. The summed E-state index contributed by atoms with van der Waals surface area (Å²) >= 11 is 0. The van der Waals surface area contributed by atoms with E-state index in [1.54, 1.807) is 30.5 Å². The summed E-state index contributed by atoms with van der Waals surface area (Å²) in [7, 11) is 1.46. The van der Waals surface area contributed by atoms with Crippen LogP contribution in [0.5, 0.6) is 5.75 Å². The van der Waals surface area contributed by atoms with E-state index >= 15 is 0 Å². The van der Waals surface area contributed by atoms with Crippen molar-refractivity contribution < 1.29 is 58.2 Å². The second-order valence-electron chi connectivity index (χ2n) is 8.65. The standard InChI is InChI=1S/C28H22FN3O5.Na/c1-37-21-10-11-24-22(15-21)28(13-12-25(33)34,27(36)32(24)20-8-6-19(29)7-9-20)31-26(35)23-14-17-4-2-3-5-18(17)16-30-23;/h2-11,14-16H,12-13H2,1H3,(H,31,35)(H,33,34);/q;+1/p-1. The van der Waals surface area contributed by atoms with Gasteiger partial charge in [0, 0.05) is 28.8 Å².